The van der Waals surface area contributed by atoms with E-state index in [0.717, 1.165) is 19.0 Å². The molecule has 1 aromatic rings. The molecule has 2 fully saturated rings. The maximum atomic E-state index is 12.9. The van der Waals surface area contributed by atoms with E-state index in [-0.39, 0.29) is 23.0 Å². The second kappa shape index (κ2) is 6.38. The van der Waals surface area contributed by atoms with Gasteiger partial charge in [-0.15, -0.1) is 0 Å². The van der Waals surface area contributed by atoms with Crippen LogP contribution in [-0.2, 0) is 10.9 Å². The molecule has 0 bridgehead atoms. The first-order valence-corrected chi connectivity index (χ1v) is 9.31. The number of hydrogen-bond acceptors (Lipinski definition) is 3. The number of carbonyl (C=O) groups excluding carboxylic acids is 1. The Kier molecular flexibility index (Phi) is 4.72. The van der Waals surface area contributed by atoms with E-state index >= 15 is 0 Å². The van der Waals surface area contributed by atoms with Crippen LogP contribution in [0.25, 0.3) is 0 Å². The Balaban J connectivity index is 1.55. The summed E-state index contributed by atoms with van der Waals surface area (Å²) in [6, 6.07) is 1.56. The van der Waals surface area contributed by atoms with Crippen molar-refractivity contribution in [3.8, 4) is 0 Å². The van der Waals surface area contributed by atoms with Gasteiger partial charge < -0.3 is 9.64 Å². The van der Waals surface area contributed by atoms with Crippen LogP contribution in [0.3, 0.4) is 0 Å². The molecule has 1 aromatic heterocycles. The number of alkyl halides is 3. The summed E-state index contributed by atoms with van der Waals surface area (Å²) in [4.78, 5) is 17.9. The second-order valence-corrected chi connectivity index (χ2v) is 9.22. The van der Waals surface area contributed by atoms with Crippen LogP contribution >= 0.6 is 0 Å². The fraction of sp³-hybridized carbons (Fsp3) is 0.700. The van der Waals surface area contributed by atoms with E-state index in [1.807, 2.05) is 27.7 Å². The van der Waals surface area contributed by atoms with Crippen molar-refractivity contribution in [2.75, 3.05) is 13.1 Å². The highest BCUT2D eigenvalue weighted by Gasteiger charge is 2.55. The van der Waals surface area contributed by atoms with Crippen molar-refractivity contribution in [2.24, 2.45) is 11.3 Å². The Morgan fingerprint density at radius 2 is 1.89 bits per heavy atom. The molecule has 1 amide bonds. The van der Waals surface area contributed by atoms with Crippen molar-refractivity contribution in [3.05, 3.63) is 29.1 Å². The topological polar surface area (TPSA) is 42.4 Å². The third kappa shape index (κ3) is 4.06. The van der Waals surface area contributed by atoms with Gasteiger partial charge >= 0.3 is 12.3 Å². The van der Waals surface area contributed by atoms with Crippen molar-refractivity contribution < 1.29 is 22.7 Å². The number of pyridine rings is 1. The average Bonchev–Trinajstić information content (AvgIpc) is 2.40. The summed E-state index contributed by atoms with van der Waals surface area (Å²) in [5, 5.41) is 0. The van der Waals surface area contributed by atoms with Crippen LogP contribution in [-0.4, -0.2) is 34.7 Å². The van der Waals surface area contributed by atoms with Gasteiger partial charge in [0.15, 0.2) is 0 Å². The van der Waals surface area contributed by atoms with Crippen LogP contribution in [0.2, 0.25) is 0 Å². The Labute approximate surface area is 158 Å². The summed E-state index contributed by atoms with van der Waals surface area (Å²) in [5.74, 6) is 0.488. The smallest absolute Gasteiger partial charge is 0.418 e. The zero-order chi connectivity index (χ0) is 20.2. The first kappa shape index (κ1) is 20.0. The van der Waals surface area contributed by atoms with Gasteiger partial charge in [0.25, 0.3) is 0 Å². The number of aryl methyl sites for hydroxylation is 1. The largest absolute Gasteiger partial charge is 0.444 e. The molecule has 0 unspecified atom stereocenters. The fourth-order valence-corrected chi connectivity index (χ4v) is 4.25. The van der Waals surface area contributed by atoms with Crippen molar-refractivity contribution >= 4 is 6.09 Å². The second-order valence-electron chi connectivity index (χ2n) is 9.22. The highest BCUT2D eigenvalue weighted by atomic mass is 19.4. The first-order chi connectivity index (χ1) is 12.3. The van der Waals surface area contributed by atoms with Gasteiger partial charge in [-0.25, -0.2) is 4.79 Å². The van der Waals surface area contributed by atoms with E-state index in [4.69, 9.17) is 4.74 Å². The summed E-state index contributed by atoms with van der Waals surface area (Å²) in [5.41, 5.74) is -0.0910. The summed E-state index contributed by atoms with van der Waals surface area (Å²) in [7, 11) is 0. The molecule has 1 aliphatic carbocycles. The van der Waals surface area contributed by atoms with Crippen LogP contribution in [0.1, 0.15) is 63.3 Å². The normalized spacial score (nSPS) is 20.8. The molecule has 1 saturated carbocycles. The molecule has 1 saturated heterocycles. The number of ether oxygens (including phenoxy) is 1. The minimum atomic E-state index is -4.36. The van der Waals surface area contributed by atoms with Crippen molar-refractivity contribution in [3.63, 3.8) is 0 Å². The average molecular weight is 384 g/mol. The van der Waals surface area contributed by atoms with E-state index in [1.165, 1.54) is 6.92 Å². The van der Waals surface area contributed by atoms with Gasteiger partial charge in [0.1, 0.15) is 5.60 Å². The number of aromatic nitrogens is 1. The molecule has 0 radical (unpaired) electrons. The lowest BCUT2D eigenvalue weighted by molar-refractivity contribution is -0.138. The fourth-order valence-electron chi connectivity index (χ4n) is 4.25. The lowest BCUT2D eigenvalue weighted by atomic mass is 9.54. The van der Waals surface area contributed by atoms with Crippen LogP contribution in [0.15, 0.2) is 12.3 Å². The van der Waals surface area contributed by atoms with E-state index in [9.17, 15) is 18.0 Å². The number of amides is 1. The Bertz CT molecular complexity index is 726. The minimum Gasteiger partial charge on any atom is -0.444 e. The molecular weight excluding hydrogens is 357 g/mol. The molecule has 2 heterocycles. The third-order valence-electron chi connectivity index (χ3n) is 5.71. The molecule has 0 aromatic carbocycles. The van der Waals surface area contributed by atoms with Crippen molar-refractivity contribution in [1.29, 1.82) is 0 Å². The molecule has 4 nitrogen and oxygen atoms in total. The van der Waals surface area contributed by atoms with E-state index in [0.29, 0.717) is 24.7 Å². The highest BCUT2D eigenvalue weighted by molar-refractivity contribution is 5.69. The predicted octanol–water partition coefficient (Wildman–Crippen LogP) is 5.16. The van der Waals surface area contributed by atoms with Crippen LogP contribution in [0.5, 0.6) is 0 Å². The van der Waals surface area contributed by atoms with Gasteiger partial charge in [-0.05, 0) is 58.1 Å². The van der Waals surface area contributed by atoms with Gasteiger partial charge in [-0.3, -0.25) is 4.98 Å². The molecule has 1 spiro atoms. The zero-order valence-corrected chi connectivity index (χ0v) is 16.5. The third-order valence-corrected chi connectivity index (χ3v) is 5.71. The molecule has 3 rings (SSSR count). The van der Waals surface area contributed by atoms with Gasteiger partial charge in [0, 0.05) is 36.3 Å². The Morgan fingerprint density at radius 3 is 2.37 bits per heavy atom. The van der Waals surface area contributed by atoms with Crippen LogP contribution in [0, 0.1) is 18.3 Å². The molecule has 7 heteroatoms. The number of likely N-dealkylation sites (tertiary alicyclic amines) is 1. The monoisotopic (exact) mass is 384 g/mol. The number of halogens is 3. The van der Waals surface area contributed by atoms with E-state index in [2.05, 4.69) is 4.98 Å². The first-order valence-electron chi connectivity index (χ1n) is 9.31. The summed E-state index contributed by atoms with van der Waals surface area (Å²) in [6.07, 6.45) is -1.76. The standard InChI is InChI=1S/C20H27F3N2O2/c1-12-6-16(24-9-15(12)20(21,22)23)13(2)14-7-19(8-14)10-25(11-19)17(26)27-18(3,4)5/h6,9,13-14H,7-8,10-11H2,1-5H3/t13-/m1/s1. The van der Waals surface area contributed by atoms with E-state index in [1.54, 1.807) is 11.0 Å². The quantitative estimate of drug-likeness (QED) is 0.707. The molecule has 150 valence electrons. The predicted molar refractivity (Wildman–Crippen MR) is 95.4 cm³/mol. The number of hydrogen-bond donors (Lipinski definition) is 0. The van der Waals surface area contributed by atoms with Crippen molar-refractivity contribution in [2.45, 2.75) is 65.2 Å². The zero-order valence-electron chi connectivity index (χ0n) is 16.5. The lowest BCUT2D eigenvalue weighted by Gasteiger charge is -2.59. The van der Waals surface area contributed by atoms with Crippen molar-refractivity contribution in [1.82, 2.24) is 9.88 Å². The van der Waals surface area contributed by atoms with Gasteiger partial charge in [0.2, 0.25) is 0 Å². The minimum absolute atomic E-state index is 0.104. The van der Waals surface area contributed by atoms with Crippen LogP contribution < -0.4 is 0 Å². The van der Waals surface area contributed by atoms with E-state index < -0.39 is 17.3 Å². The SMILES string of the molecule is Cc1cc([C@H](C)C2CC3(C2)CN(C(=O)OC(C)(C)C)C3)ncc1C(F)(F)F. The molecule has 27 heavy (non-hydrogen) atoms. The maximum Gasteiger partial charge on any atom is 0.418 e. The summed E-state index contributed by atoms with van der Waals surface area (Å²) >= 11 is 0. The molecular formula is C20H27F3N2O2. The maximum absolute atomic E-state index is 12.9. The summed E-state index contributed by atoms with van der Waals surface area (Å²) in [6.45, 7) is 10.4. The molecule has 1 aliphatic heterocycles. The molecule has 1 atom stereocenters. The summed E-state index contributed by atoms with van der Waals surface area (Å²) < 4.78 is 44.1. The molecule has 2 aliphatic rings. The Hall–Kier alpha value is -1.79. The van der Waals surface area contributed by atoms with Gasteiger partial charge in [-0.2, -0.15) is 13.2 Å². The molecule has 0 N–H and O–H groups in total. The number of carbonyl (C=O) groups is 1. The lowest BCUT2D eigenvalue weighted by Crippen LogP contribution is -2.64. The van der Waals surface area contributed by atoms with Crippen LogP contribution in [0.4, 0.5) is 18.0 Å². The number of rotatable bonds is 2. The number of nitrogens with zero attached hydrogens (tertiary/aromatic N) is 2. The van der Waals surface area contributed by atoms with Gasteiger partial charge in [0.05, 0.1) is 5.56 Å². The van der Waals surface area contributed by atoms with Gasteiger partial charge in [-0.1, -0.05) is 6.92 Å². The Morgan fingerprint density at radius 1 is 1.30 bits per heavy atom. The highest BCUT2D eigenvalue weighted by Crippen LogP contribution is 2.56.